The molecule has 0 spiro atoms. The third-order valence-electron chi connectivity index (χ3n) is 1.96. The highest BCUT2D eigenvalue weighted by molar-refractivity contribution is 7.92. The van der Waals surface area contributed by atoms with E-state index >= 15 is 0 Å². The fourth-order valence-corrected chi connectivity index (χ4v) is 2.18. The van der Waals surface area contributed by atoms with Crippen molar-refractivity contribution in [3.05, 3.63) is 0 Å². The maximum Gasteiger partial charge on any atom is 0.321 e. The Labute approximate surface area is 87.8 Å². The molecule has 1 unspecified atom stereocenters. The van der Waals surface area contributed by atoms with E-state index in [-0.39, 0.29) is 25.0 Å². The number of carboxylic acids is 2. The van der Waals surface area contributed by atoms with Crippen molar-refractivity contribution in [1.29, 1.82) is 0 Å². The van der Waals surface area contributed by atoms with E-state index in [0.29, 0.717) is 0 Å². The van der Waals surface area contributed by atoms with Crippen molar-refractivity contribution in [1.82, 2.24) is 0 Å². The average Bonchev–Trinajstić information content (AvgIpc) is 2.10. The second-order valence-corrected chi connectivity index (χ2v) is 5.64. The fourth-order valence-electron chi connectivity index (χ4n) is 0.910. The van der Waals surface area contributed by atoms with E-state index in [1.54, 1.807) is 0 Å². The van der Waals surface area contributed by atoms with Gasteiger partial charge in [-0.1, -0.05) is 0 Å². The summed E-state index contributed by atoms with van der Waals surface area (Å²) in [5.41, 5.74) is 0. The van der Waals surface area contributed by atoms with E-state index in [1.165, 1.54) is 0 Å². The summed E-state index contributed by atoms with van der Waals surface area (Å²) in [6.45, 7) is 1.11. The maximum absolute atomic E-state index is 11.3. The first-order chi connectivity index (χ1) is 6.77. The molecule has 0 saturated heterocycles. The van der Waals surface area contributed by atoms with Crippen LogP contribution in [0.15, 0.2) is 0 Å². The number of sulfone groups is 1. The van der Waals surface area contributed by atoms with Crippen LogP contribution in [0.25, 0.3) is 0 Å². The van der Waals surface area contributed by atoms with Crippen molar-refractivity contribution in [2.24, 2.45) is 0 Å². The SMILES string of the molecule is CC(C(=O)O)S(=O)(=O)CCCCC(=O)O. The minimum Gasteiger partial charge on any atom is -0.481 e. The van der Waals surface area contributed by atoms with E-state index in [1.807, 2.05) is 0 Å². The van der Waals surface area contributed by atoms with Crippen molar-refractivity contribution >= 4 is 21.8 Å². The lowest BCUT2D eigenvalue weighted by atomic mass is 10.2. The number of rotatable bonds is 7. The Morgan fingerprint density at radius 2 is 1.73 bits per heavy atom. The number of hydrogen-bond donors (Lipinski definition) is 2. The van der Waals surface area contributed by atoms with Crippen LogP contribution in [0.3, 0.4) is 0 Å². The average molecular weight is 238 g/mol. The Kier molecular flexibility index (Phi) is 5.27. The van der Waals surface area contributed by atoms with E-state index in [0.717, 1.165) is 6.92 Å². The lowest BCUT2D eigenvalue weighted by Gasteiger charge is -2.07. The molecule has 0 bridgehead atoms. The zero-order valence-corrected chi connectivity index (χ0v) is 9.16. The molecule has 0 aromatic rings. The molecular weight excluding hydrogens is 224 g/mol. The van der Waals surface area contributed by atoms with E-state index < -0.39 is 27.0 Å². The zero-order chi connectivity index (χ0) is 12.1. The molecule has 0 rings (SSSR count). The van der Waals surface area contributed by atoms with Crippen LogP contribution in [0.2, 0.25) is 0 Å². The predicted molar refractivity (Wildman–Crippen MR) is 52.4 cm³/mol. The molecule has 15 heavy (non-hydrogen) atoms. The summed E-state index contributed by atoms with van der Waals surface area (Å²) in [6, 6.07) is 0. The molecule has 0 aromatic heterocycles. The Bertz CT molecular complexity index is 331. The van der Waals surface area contributed by atoms with Crippen LogP contribution >= 0.6 is 0 Å². The first kappa shape index (κ1) is 13.9. The van der Waals surface area contributed by atoms with Gasteiger partial charge in [0.25, 0.3) is 0 Å². The summed E-state index contributed by atoms with van der Waals surface area (Å²) >= 11 is 0. The molecule has 0 amide bonds. The van der Waals surface area contributed by atoms with Crippen molar-refractivity contribution < 1.29 is 28.2 Å². The highest BCUT2D eigenvalue weighted by Gasteiger charge is 2.26. The predicted octanol–water partition coefficient (Wildman–Crippen LogP) is 0.129. The molecule has 0 aromatic carbocycles. The van der Waals surface area contributed by atoms with Gasteiger partial charge in [-0.25, -0.2) is 8.42 Å². The lowest BCUT2D eigenvalue weighted by Crippen LogP contribution is -2.29. The molecule has 0 aliphatic rings. The smallest absolute Gasteiger partial charge is 0.321 e. The number of carboxylic acid groups (broad SMARTS) is 2. The normalized spacial score (nSPS) is 13.4. The maximum atomic E-state index is 11.3. The molecule has 1 atom stereocenters. The lowest BCUT2D eigenvalue weighted by molar-refractivity contribution is -0.137. The van der Waals surface area contributed by atoms with Gasteiger partial charge in [-0.3, -0.25) is 9.59 Å². The van der Waals surface area contributed by atoms with Crippen LogP contribution in [0.4, 0.5) is 0 Å². The summed E-state index contributed by atoms with van der Waals surface area (Å²) in [5.74, 6) is -2.65. The number of aliphatic carboxylic acids is 2. The van der Waals surface area contributed by atoms with E-state index in [9.17, 15) is 18.0 Å². The van der Waals surface area contributed by atoms with Crippen LogP contribution in [-0.4, -0.2) is 41.6 Å². The molecule has 7 heteroatoms. The van der Waals surface area contributed by atoms with Gasteiger partial charge in [-0.05, 0) is 19.8 Å². The first-order valence-electron chi connectivity index (χ1n) is 4.43. The van der Waals surface area contributed by atoms with Crippen LogP contribution in [0, 0.1) is 0 Å². The summed E-state index contributed by atoms with van der Waals surface area (Å²) in [5, 5.41) is 15.4. The molecule has 0 aliphatic heterocycles. The molecule has 88 valence electrons. The van der Waals surface area contributed by atoms with Crippen molar-refractivity contribution in [3.8, 4) is 0 Å². The van der Waals surface area contributed by atoms with Crippen molar-refractivity contribution in [2.45, 2.75) is 31.4 Å². The first-order valence-corrected chi connectivity index (χ1v) is 6.15. The molecule has 0 fully saturated rings. The second-order valence-electron chi connectivity index (χ2n) is 3.20. The van der Waals surface area contributed by atoms with E-state index in [4.69, 9.17) is 10.2 Å². The van der Waals surface area contributed by atoms with Gasteiger partial charge >= 0.3 is 11.9 Å². The molecule has 2 N–H and O–H groups in total. The van der Waals surface area contributed by atoms with Crippen LogP contribution in [0.1, 0.15) is 26.2 Å². The Balaban J connectivity index is 4.06. The van der Waals surface area contributed by atoms with Gasteiger partial charge in [0.1, 0.15) is 0 Å². The standard InChI is InChI=1S/C8H14O6S/c1-6(8(11)12)15(13,14)5-3-2-4-7(9)10/h6H,2-5H2,1H3,(H,9,10)(H,11,12). The van der Waals surface area contributed by atoms with Crippen molar-refractivity contribution in [2.75, 3.05) is 5.75 Å². The van der Waals surface area contributed by atoms with Gasteiger partial charge in [0.2, 0.25) is 0 Å². The highest BCUT2D eigenvalue weighted by atomic mass is 32.2. The number of unbranched alkanes of at least 4 members (excludes halogenated alkanes) is 1. The second kappa shape index (κ2) is 5.69. The molecule has 6 nitrogen and oxygen atoms in total. The van der Waals surface area contributed by atoms with Crippen LogP contribution in [0.5, 0.6) is 0 Å². The van der Waals surface area contributed by atoms with Gasteiger partial charge in [0.05, 0.1) is 5.75 Å². The third kappa shape index (κ3) is 5.36. The zero-order valence-electron chi connectivity index (χ0n) is 8.34. The molecule has 0 aliphatic carbocycles. The Morgan fingerprint density at radius 3 is 2.13 bits per heavy atom. The highest BCUT2D eigenvalue weighted by Crippen LogP contribution is 2.06. The monoisotopic (exact) mass is 238 g/mol. The summed E-state index contributed by atoms with van der Waals surface area (Å²) in [7, 11) is -3.65. The van der Waals surface area contributed by atoms with Gasteiger partial charge in [-0.2, -0.15) is 0 Å². The van der Waals surface area contributed by atoms with Gasteiger partial charge in [0.15, 0.2) is 15.1 Å². The molecule has 0 radical (unpaired) electrons. The Hall–Kier alpha value is -1.11. The minimum absolute atomic E-state index is 0.100. The molecule has 0 saturated carbocycles. The largest absolute Gasteiger partial charge is 0.481 e. The van der Waals surface area contributed by atoms with Gasteiger partial charge in [0, 0.05) is 6.42 Å². The molecule has 0 heterocycles. The number of carbonyl (C=O) groups is 2. The number of hydrogen-bond acceptors (Lipinski definition) is 4. The van der Waals surface area contributed by atoms with Crippen LogP contribution < -0.4 is 0 Å². The van der Waals surface area contributed by atoms with Gasteiger partial charge < -0.3 is 10.2 Å². The third-order valence-corrected chi connectivity index (χ3v) is 4.09. The quantitative estimate of drug-likeness (QED) is 0.610. The fraction of sp³-hybridized carbons (Fsp3) is 0.750. The topological polar surface area (TPSA) is 109 Å². The summed E-state index contributed by atoms with van der Waals surface area (Å²) < 4.78 is 22.6. The summed E-state index contributed by atoms with van der Waals surface area (Å²) in [4.78, 5) is 20.5. The summed E-state index contributed by atoms with van der Waals surface area (Å²) in [6.07, 6.45) is 0.310. The van der Waals surface area contributed by atoms with Gasteiger partial charge in [-0.15, -0.1) is 0 Å². The van der Waals surface area contributed by atoms with Crippen LogP contribution in [-0.2, 0) is 19.4 Å². The van der Waals surface area contributed by atoms with Crippen molar-refractivity contribution in [3.63, 3.8) is 0 Å². The Morgan fingerprint density at radius 1 is 1.20 bits per heavy atom. The molecular formula is C8H14O6S. The minimum atomic E-state index is -3.65. The van der Waals surface area contributed by atoms with E-state index in [2.05, 4.69) is 0 Å².